The summed E-state index contributed by atoms with van der Waals surface area (Å²) in [7, 11) is 6.32. The molecule has 16 heavy (non-hydrogen) atoms. The van der Waals surface area contributed by atoms with Crippen molar-refractivity contribution >= 4 is 11.9 Å². The predicted octanol–water partition coefficient (Wildman–Crippen LogP) is -0.432. The van der Waals surface area contributed by atoms with Crippen molar-refractivity contribution in [1.82, 2.24) is 0 Å². The molecule has 0 fully saturated rings. The van der Waals surface area contributed by atoms with Crippen LogP contribution in [0.4, 0.5) is 0 Å². The molecule has 0 bridgehead atoms. The smallest absolute Gasteiger partial charge is 0.330 e. The van der Waals surface area contributed by atoms with Gasteiger partial charge in [0.2, 0.25) is 0 Å². The fourth-order valence-electron chi connectivity index (χ4n) is 0.771. The minimum atomic E-state index is -1.08. The molecule has 0 aliphatic rings. The lowest BCUT2D eigenvalue weighted by molar-refractivity contribution is -0.870. The largest absolute Gasteiger partial charge is 0.550 e. The predicted molar refractivity (Wildman–Crippen MR) is 59.4 cm³/mol. The van der Waals surface area contributed by atoms with Gasteiger partial charge in [-0.05, 0) is 6.92 Å². The van der Waals surface area contributed by atoms with E-state index in [0.717, 1.165) is 24.4 Å². The van der Waals surface area contributed by atoms with Crippen molar-refractivity contribution in [1.29, 1.82) is 0 Å². The summed E-state index contributed by atoms with van der Waals surface area (Å²) in [5, 5.41) is 8.89. The molecule has 0 aromatic heterocycles. The second-order valence-electron chi connectivity index (χ2n) is 4.23. The minimum Gasteiger partial charge on any atom is -0.550 e. The van der Waals surface area contributed by atoms with Gasteiger partial charge < -0.3 is 19.1 Å². The molecule has 0 heterocycles. The van der Waals surface area contributed by atoms with Crippen LogP contribution in [0, 0.1) is 0 Å². The standard InChI is InChI=1S/C9H18NO2.C2H4O2/c1-5-9(11)12-8-6-7-10(2,3)4;1-2(3)4/h5H,1,6-8H2,2-4H3;1H3,(H,3,4)/q+1;/p-1. The Kier molecular flexibility index (Phi) is 9.49. The van der Waals surface area contributed by atoms with E-state index in [2.05, 4.69) is 27.7 Å². The van der Waals surface area contributed by atoms with E-state index in [0.29, 0.717) is 6.61 Å². The number of hydrogen-bond acceptors (Lipinski definition) is 4. The maximum atomic E-state index is 10.6. The highest BCUT2D eigenvalue weighted by molar-refractivity contribution is 5.81. The number of nitrogens with zero attached hydrogens (tertiary/aromatic N) is 1. The number of carbonyl (C=O) groups is 2. The minimum absolute atomic E-state index is 0.337. The number of carboxylic acids is 1. The van der Waals surface area contributed by atoms with Crippen LogP contribution in [0.25, 0.3) is 0 Å². The Bertz CT molecular complexity index is 227. The van der Waals surface area contributed by atoms with E-state index >= 15 is 0 Å². The van der Waals surface area contributed by atoms with Gasteiger partial charge in [0.1, 0.15) is 0 Å². The fourth-order valence-corrected chi connectivity index (χ4v) is 0.771. The SMILES string of the molecule is C=CC(=O)OCCC[N+](C)(C)C.CC(=O)[O-]. The van der Waals surface area contributed by atoms with Crippen molar-refractivity contribution < 1.29 is 23.9 Å². The van der Waals surface area contributed by atoms with Crippen LogP contribution in [0.2, 0.25) is 0 Å². The lowest BCUT2D eigenvalue weighted by Crippen LogP contribution is -2.35. The summed E-state index contributed by atoms with van der Waals surface area (Å²) in [6.07, 6.45) is 2.08. The Labute approximate surface area is 96.9 Å². The Morgan fingerprint density at radius 3 is 2.12 bits per heavy atom. The Balaban J connectivity index is 0. The molecule has 0 saturated carbocycles. The average Bonchev–Trinajstić information content (AvgIpc) is 2.09. The van der Waals surface area contributed by atoms with Crippen molar-refractivity contribution in [3.63, 3.8) is 0 Å². The Morgan fingerprint density at radius 1 is 1.38 bits per heavy atom. The van der Waals surface area contributed by atoms with Gasteiger partial charge in [-0.1, -0.05) is 6.58 Å². The van der Waals surface area contributed by atoms with Gasteiger partial charge in [-0.3, -0.25) is 0 Å². The van der Waals surface area contributed by atoms with Crippen molar-refractivity contribution in [3.8, 4) is 0 Å². The van der Waals surface area contributed by atoms with Gasteiger partial charge in [0.15, 0.2) is 0 Å². The van der Waals surface area contributed by atoms with Gasteiger partial charge in [-0.2, -0.15) is 0 Å². The molecule has 94 valence electrons. The van der Waals surface area contributed by atoms with Crippen molar-refractivity contribution in [2.24, 2.45) is 0 Å². The molecule has 0 saturated heterocycles. The molecule has 5 heteroatoms. The molecule has 0 aliphatic heterocycles. The molecule has 0 rings (SSSR count). The number of rotatable bonds is 5. The first kappa shape index (κ1) is 17.0. The van der Waals surface area contributed by atoms with E-state index in [9.17, 15) is 4.79 Å². The van der Waals surface area contributed by atoms with E-state index in [4.69, 9.17) is 14.6 Å². The third-order valence-electron chi connectivity index (χ3n) is 1.38. The number of carbonyl (C=O) groups excluding carboxylic acids is 2. The van der Waals surface area contributed by atoms with Crippen molar-refractivity contribution in [2.75, 3.05) is 34.3 Å². The van der Waals surface area contributed by atoms with E-state index in [1.807, 2.05) is 0 Å². The molecule has 0 atom stereocenters. The zero-order chi connectivity index (χ0) is 13.2. The highest BCUT2D eigenvalue weighted by Crippen LogP contribution is 1.94. The van der Waals surface area contributed by atoms with Gasteiger partial charge in [-0.25, -0.2) is 4.79 Å². The summed E-state index contributed by atoms with van der Waals surface area (Å²) < 4.78 is 5.71. The lowest BCUT2D eigenvalue weighted by Gasteiger charge is -2.23. The maximum absolute atomic E-state index is 10.6. The third-order valence-corrected chi connectivity index (χ3v) is 1.38. The summed E-state index contributed by atoms with van der Waals surface area (Å²) in [6, 6.07) is 0. The van der Waals surface area contributed by atoms with E-state index in [-0.39, 0.29) is 5.97 Å². The van der Waals surface area contributed by atoms with Crippen LogP contribution in [0.5, 0.6) is 0 Å². The van der Waals surface area contributed by atoms with Crippen LogP contribution in [0.15, 0.2) is 12.7 Å². The maximum Gasteiger partial charge on any atom is 0.330 e. The molecule has 5 nitrogen and oxygen atoms in total. The van der Waals surface area contributed by atoms with Gasteiger partial charge in [-0.15, -0.1) is 0 Å². The summed E-state index contributed by atoms with van der Waals surface area (Å²) in [4.78, 5) is 19.5. The van der Waals surface area contributed by atoms with Gasteiger partial charge in [0, 0.05) is 18.5 Å². The van der Waals surface area contributed by atoms with Crippen LogP contribution in [0.3, 0.4) is 0 Å². The molecule has 0 spiro atoms. The quantitative estimate of drug-likeness (QED) is 0.279. The van der Waals surface area contributed by atoms with E-state index < -0.39 is 5.97 Å². The van der Waals surface area contributed by atoms with Crippen LogP contribution in [-0.4, -0.2) is 50.7 Å². The van der Waals surface area contributed by atoms with Crippen LogP contribution in [0.1, 0.15) is 13.3 Å². The van der Waals surface area contributed by atoms with Gasteiger partial charge >= 0.3 is 5.97 Å². The van der Waals surface area contributed by atoms with E-state index in [1.165, 1.54) is 6.08 Å². The first-order chi connectivity index (χ1) is 7.19. The number of ether oxygens (including phenoxy) is 1. The number of quaternary nitrogens is 1. The topological polar surface area (TPSA) is 66.4 Å². The van der Waals surface area contributed by atoms with E-state index in [1.54, 1.807) is 0 Å². The monoisotopic (exact) mass is 231 g/mol. The molecule has 0 aliphatic carbocycles. The molecular weight excluding hydrogens is 210 g/mol. The van der Waals surface area contributed by atoms with Gasteiger partial charge in [0.05, 0.1) is 34.3 Å². The second kappa shape index (κ2) is 8.91. The number of aliphatic carboxylic acids is 1. The van der Waals surface area contributed by atoms with Crippen LogP contribution >= 0.6 is 0 Å². The molecule has 0 unspecified atom stereocenters. The summed E-state index contributed by atoms with van der Waals surface area (Å²) in [5.74, 6) is -1.42. The Morgan fingerprint density at radius 2 is 1.81 bits per heavy atom. The first-order valence-electron chi connectivity index (χ1n) is 4.96. The molecule has 0 amide bonds. The third kappa shape index (κ3) is 22.9. The second-order valence-corrected chi connectivity index (χ2v) is 4.23. The number of hydrogen-bond donors (Lipinski definition) is 0. The zero-order valence-electron chi connectivity index (χ0n) is 10.5. The first-order valence-corrected chi connectivity index (χ1v) is 4.96. The Hall–Kier alpha value is -1.36. The highest BCUT2D eigenvalue weighted by Gasteiger charge is 2.06. The summed E-state index contributed by atoms with van der Waals surface area (Å²) >= 11 is 0. The average molecular weight is 231 g/mol. The lowest BCUT2D eigenvalue weighted by atomic mass is 10.4. The number of esters is 1. The summed E-state index contributed by atoms with van der Waals surface area (Å²) in [5.41, 5.74) is 0. The van der Waals surface area contributed by atoms with Crippen molar-refractivity contribution in [2.45, 2.75) is 13.3 Å². The van der Waals surface area contributed by atoms with Crippen LogP contribution in [-0.2, 0) is 14.3 Å². The normalized spacial score (nSPS) is 9.75. The molecular formula is C11H21NO4. The number of carboxylic acid groups (broad SMARTS) is 1. The molecule has 0 aromatic rings. The molecule has 0 radical (unpaired) electrons. The summed E-state index contributed by atoms with van der Waals surface area (Å²) in [6.45, 7) is 5.77. The highest BCUT2D eigenvalue weighted by atomic mass is 16.5. The fraction of sp³-hybridized carbons (Fsp3) is 0.636. The molecule has 0 N–H and O–H groups in total. The van der Waals surface area contributed by atoms with Crippen LogP contribution < -0.4 is 5.11 Å². The van der Waals surface area contributed by atoms with Gasteiger partial charge in [0.25, 0.3) is 0 Å². The van der Waals surface area contributed by atoms with Crippen molar-refractivity contribution in [3.05, 3.63) is 12.7 Å². The zero-order valence-corrected chi connectivity index (χ0v) is 10.5. The molecule has 0 aromatic carbocycles.